The summed E-state index contributed by atoms with van der Waals surface area (Å²) < 4.78 is 17.4. The average Bonchev–Trinajstić information content (AvgIpc) is 2.62. The van der Waals surface area contributed by atoms with Crippen LogP contribution in [0.2, 0.25) is 0 Å². The number of halogens is 1. The number of anilines is 1. The molecular formula is C19H19FN2O4. The predicted octanol–water partition coefficient (Wildman–Crippen LogP) is 2.30. The van der Waals surface area contributed by atoms with E-state index in [0.717, 1.165) is 5.56 Å². The van der Waals surface area contributed by atoms with Gasteiger partial charge in [0.05, 0.1) is 12.7 Å². The number of methoxy groups -OCH3 is 1. The second kappa shape index (κ2) is 9.31. The molecule has 136 valence electrons. The highest BCUT2D eigenvalue weighted by Crippen LogP contribution is 2.12. The molecule has 0 aliphatic rings. The minimum atomic E-state index is -0.514. The summed E-state index contributed by atoms with van der Waals surface area (Å²) in [7, 11) is 1.27. The second-order valence-corrected chi connectivity index (χ2v) is 5.52. The minimum absolute atomic E-state index is 0.300. The number of amides is 2. The van der Waals surface area contributed by atoms with Crippen LogP contribution in [0.15, 0.2) is 48.5 Å². The first kappa shape index (κ1) is 19.1. The van der Waals surface area contributed by atoms with Gasteiger partial charge in [0, 0.05) is 12.2 Å². The fraction of sp³-hybridized carbons (Fsp3) is 0.211. The van der Waals surface area contributed by atoms with Crippen molar-refractivity contribution in [1.29, 1.82) is 0 Å². The molecule has 0 heterocycles. The third-order valence-electron chi connectivity index (χ3n) is 3.54. The number of benzene rings is 2. The molecule has 0 unspecified atom stereocenters. The molecule has 2 aromatic carbocycles. The summed E-state index contributed by atoms with van der Waals surface area (Å²) in [5.41, 5.74) is 1.59. The molecule has 0 aliphatic carbocycles. The third kappa shape index (κ3) is 6.01. The van der Waals surface area contributed by atoms with Gasteiger partial charge in [-0.2, -0.15) is 0 Å². The summed E-state index contributed by atoms with van der Waals surface area (Å²) in [4.78, 5) is 35.2. The number of ether oxygens (including phenoxy) is 1. The van der Waals surface area contributed by atoms with Crippen molar-refractivity contribution in [2.24, 2.45) is 0 Å². The summed E-state index contributed by atoms with van der Waals surface area (Å²) in [6, 6.07) is 12.2. The fourth-order valence-corrected chi connectivity index (χ4v) is 2.25. The molecular weight excluding hydrogens is 339 g/mol. The fourth-order valence-electron chi connectivity index (χ4n) is 2.25. The van der Waals surface area contributed by atoms with Gasteiger partial charge in [0.2, 0.25) is 11.8 Å². The van der Waals surface area contributed by atoms with Gasteiger partial charge < -0.3 is 15.4 Å². The second-order valence-electron chi connectivity index (χ2n) is 5.52. The van der Waals surface area contributed by atoms with Crippen molar-refractivity contribution in [3.05, 3.63) is 65.5 Å². The number of hydrogen-bond donors (Lipinski definition) is 2. The Bertz CT molecular complexity index is 790. The van der Waals surface area contributed by atoms with Crippen LogP contribution in [0.4, 0.5) is 10.1 Å². The van der Waals surface area contributed by atoms with E-state index in [2.05, 4.69) is 15.4 Å². The standard InChI is InChI=1S/C19H19FN2O4/c1-26-19(25)14-3-2-4-16(11-14)22-18(24)12-17(23)21-10-9-13-5-7-15(20)8-6-13/h2-8,11H,9-10,12H2,1H3,(H,21,23)(H,22,24). The molecule has 0 spiro atoms. The molecule has 0 fully saturated rings. The van der Waals surface area contributed by atoms with Crippen LogP contribution in [-0.4, -0.2) is 31.4 Å². The maximum absolute atomic E-state index is 12.8. The smallest absolute Gasteiger partial charge is 0.337 e. The molecule has 0 aromatic heterocycles. The summed E-state index contributed by atoms with van der Waals surface area (Å²) in [5, 5.41) is 5.19. The SMILES string of the molecule is COC(=O)c1cccc(NC(=O)CC(=O)NCCc2ccc(F)cc2)c1. The lowest BCUT2D eigenvalue weighted by atomic mass is 10.1. The topological polar surface area (TPSA) is 84.5 Å². The van der Waals surface area contributed by atoms with Crippen LogP contribution in [0, 0.1) is 5.82 Å². The van der Waals surface area contributed by atoms with Gasteiger partial charge in [-0.3, -0.25) is 9.59 Å². The molecule has 26 heavy (non-hydrogen) atoms. The summed E-state index contributed by atoms with van der Waals surface area (Å²) in [6.07, 6.45) is 0.195. The molecule has 2 N–H and O–H groups in total. The van der Waals surface area contributed by atoms with Gasteiger partial charge >= 0.3 is 5.97 Å². The average molecular weight is 358 g/mol. The van der Waals surface area contributed by atoms with Crippen molar-refractivity contribution in [3.8, 4) is 0 Å². The number of nitrogens with one attached hydrogen (secondary N) is 2. The lowest BCUT2D eigenvalue weighted by Gasteiger charge is -2.08. The molecule has 7 heteroatoms. The van der Waals surface area contributed by atoms with Crippen LogP contribution in [0.3, 0.4) is 0 Å². The van der Waals surface area contributed by atoms with E-state index < -0.39 is 17.8 Å². The highest BCUT2D eigenvalue weighted by molar-refractivity contribution is 6.04. The number of hydrogen-bond acceptors (Lipinski definition) is 4. The maximum Gasteiger partial charge on any atom is 0.337 e. The predicted molar refractivity (Wildman–Crippen MR) is 94.1 cm³/mol. The van der Waals surface area contributed by atoms with E-state index >= 15 is 0 Å². The van der Waals surface area contributed by atoms with Crippen molar-refractivity contribution in [1.82, 2.24) is 5.32 Å². The number of esters is 1. The van der Waals surface area contributed by atoms with Crippen molar-refractivity contribution < 1.29 is 23.5 Å². The van der Waals surface area contributed by atoms with Gasteiger partial charge in [0.15, 0.2) is 0 Å². The molecule has 2 amide bonds. The van der Waals surface area contributed by atoms with Crippen molar-refractivity contribution >= 4 is 23.5 Å². The zero-order chi connectivity index (χ0) is 18.9. The van der Waals surface area contributed by atoms with Crippen LogP contribution in [0.25, 0.3) is 0 Å². The lowest BCUT2D eigenvalue weighted by molar-refractivity contribution is -0.126. The Kier molecular flexibility index (Phi) is 6.84. The first-order chi connectivity index (χ1) is 12.5. The van der Waals surface area contributed by atoms with E-state index in [4.69, 9.17) is 0 Å². The Morgan fingerprint density at radius 3 is 2.46 bits per heavy atom. The Balaban J connectivity index is 1.77. The first-order valence-electron chi connectivity index (χ1n) is 7.97. The molecule has 0 saturated carbocycles. The van der Waals surface area contributed by atoms with Gasteiger partial charge in [0.25, 0.3) is 0 Å². The normalized spacial score (nSPS) is 10.1. The lowest BCUT2D eigenvalue weighted by Crippen LogP contribution is -2.29. The highest BCUT2D eigenvalue weighted by Gasteiger charge is 2.11. The quantitative estimate of drug-likeness (QED) is 0.588. The van der Waals surface area contributed by atoms with Gasteiger partial charge in [-0.25, -0.2) is 9.18 Å². The van der Waals surface area contributed by atoms with E-state index in [1.807, 2.05) is 0 Å². The van der Waals surface area contributed by atoms with Crippen molar-refractivity contribution in [3.63, 3.8) is 0 Å². The molecule has 2 rings (SSSR count). The summed E-state index contributed by atoms with van der Waals surface area (Å²) in [6.45, 7) is 0.343. The zero-order valence-electron chi connectivity index (χ0n) is 14.3. The summed E-state index contributed by atoms with van der Waals surface area (Å²) in [5.74, 6) is -1.75. The molecule has 0 radical (unpaired) electrons. The van der Waals surface area contributed by atoms with Crippen LogP contribution >= 0.6 is 0 Å². The van der Waals surface area contributed by atoms with E-state index in [-0.39, 0.29) is 12.2 Å². The Morgan fingerprint density at radius 1 is 1.04 bits per heavy atom. The van der Waals surface area contributed by atoms with Gasteiger partial charge in [-0.05, 0) is 42.3 Å². The molecule has 0 bridgehead atoms. The van der Waals surface area contributed by atoms with Crippen LogP contribution in [0.5, 0.6) is 0 Å². The molecule has 0 saturated heterocycles. The Hall–Kier alpha value is -3.22. The molecule has 6 nitrogen and oxygen atoms in total. The van der Waals surface area contributed by atoms with E-state index in [1.165, 1.54) is 25.3 Å². The maximum atomic E-state index is 12.8. The number of rotatable bonds is 7. The minimum Gasteiger partial charge on any atom is -0.465 e. The van der Waals surface area contributed by atoms with Gasteiger partial charge in [0.1, 0.15) is 12.2 Å². The Labute approximate surface area is 150 Å². The van der Waals surface area contributed by atoms with Crippen molar-refractivity contribution in [2.45, 2.75) is 12.8 Å². The zero-order valence-corrected chi connectivity index (χ0v) is 14.3. The van der Waals surface area contributed by atoms with Crippen LogP contribution in [-0.2, 0) is 20.7 Å². The van der Waals surface area contributed by atoms with E-state index in [1.54, 1.807) is 30.3 Å². The monoisotopic (exact) mass is 358 g/mol. The highest BCUT2D eigenvalue weighted by atomic mass is 19.1. The van der Waals surface area contributed by atoms with E-state index in [9.17, 15) is 18.8 Å². The first-order valence-corrected chi connectivity index (χ1v) is 7.97. The molecule has 2 aromatic rings. The van der Waals surface area contributed by atoms with Crippen molar-refractivity contribution in [2.75, 3.05) is 19.0 Å². The molecule has 0 atom stereocenters. The van der Waals surface area contributed by atoms with Crippen LogP contribution in [0.1, 0.15) is 22.3 Å². The largest absolute Gasteiger partial charge is 0.465 e. The number of carbonyl (C=O) groups is 3. The van der Waals surface area contributed by atoms with Gasteiger partial charge in [-0.15, -0.1) is 0 Å². The van der Waals surface area contributed by atoms with Crippen LogP contribution < -0.4 is 10.6 Å². The van der Waals surface area contributed by atoms with Gasteiger partial charge in [-0.1, -0.05) is 18.2 Å². The summed E-state index contributed by atoms with van der Waals surface area (Å²) >= 11 is 0. The van der Waals surface area contributed by atoms with E-state index in [0.29, 0.717) is 24.2 Å². The number of carbonyl (C=O) groups excluding carboxylic acids is 3. The Morgan fingerprint density at radius 2 is 1.77 bits per heavy atom. The molecule has 0 aliphatic heterocycles. The third-order valence-corrected chi connectivity index (χ3v) is 3.54.